The van der Waals surface area contributed by atoms with Crippen molar-refractivity contribution in [3.05, 3.63) is 95.1 Å². The molecule has 144 valence electrons. The number of carbonyl (C=O) groups is 3. The van der Waals surface area contributed by atoms with Crippen molar-refractivity contribution in [3.8, 4) is 11.1 Å². The van der Waals surface area contributed by atoms with Gasteiger partial charge >= 0.3 is 0 Å². The van der Waals surface area contributed by atoms with Gasteiger partial charge in [-0.1, -0.05) is 54.6 Å². The van der Waals surface area contributed by atoms with Crippen LogP contribution in [0.4, 0.5) is 0 Å². The summed E-state index contributed by atoms with van der Waals surface area (Å²) in [7, 11) is 1.44. The van der Waals surface area contributed by atoms with E-state index in [-0.39, 0.29) is 29.3 Å². The summed E-state index contributed by atoms with van der Waals surface area (Å²) in [6, 6.07) is 22.5. The number of fused-ring (bicyclic) bond motifs is 1. The van der Waals surface area contributed by atoms with Gasteiger partial charge in [-0.3, -0.25) is 19.3 Å². The number of nitrogens with zero attached hydrogens (tertiary/aromatic N) is 1. The van der Waals surface area contributed by atoms with Crippen LogP contribution in [0.15, 0.2) is 72.8 Å². The van der Waals surface area contributed by atoms with Crippen molar-refractivity contribution in [1.29, 1.82) is 0 Å². The average Bonchev–Trinajstić information content (AvgIpc) is 2.98. The fourth-order valence-corrected chi connectivity index (χ4v) is 3.46. The Kier molecular flexibility index (Phi) is 4.72. The fourth-order valence-electron chi connectivity index (χ4n) is 3.46. The molecule has 0 saturated carbocycles. The number of carbonyl (C=O) groups excluding carboxylic acids is 3. The van der Waals surface area contributed by atoms with Crippen molar-refractivity contribution in [2.75, 3.05) is 7.05 Å². The zero-order chi connectivity index (χ0) is 20.5. The molecule has 0 saturated heterocycles. The van der Waals surface area contributed by atoms with Crippen LogP contribution in [-0.4, -0.2) is 29.7 Å². The van der Waals surface area contributed by atoms with E-state index in [4.69, 9.17) is 0 Å². The molecule has 0 fully saturated rings. The van der Waals surface area contributed by atoms with Gasteiger partial charge in [-0.25, -0.2) is 0 Å². The number of benzene rings is 3. The molecule has 3 amide bonds. The predicted molar refractivity (Wildman–Crippen MR) is 111 cm³/mol. The van der Waals surface area contributed by atoms with E-state index in [0.717, 1.165) is 21.6 Å². The Morgan fingerprint density at radius 2 is 1.45 bits per heavy atom. The highest BCUT2D eigenvalue weighted by molar-refractivity contribution is 6.21. The lowest BCUT2D eigenvalue weighted by atomic mass is 10.0. The monoisotopic (exact) mass is 384 g/mol. The maximum atomic E-state index is 12.7. The molecule has 3 aromatic carbocycles. The molecule has 5 heteroatoms. The molecule has 3 aromatic rings. The quantitative estimate of drug-likeness (QED) is 0.690. The van der Waals surface area contributed by atoms with Crippen molar-refractivity contribution in [2.45, 2.75) is 13.0 Å². The Morgan fingerprint density at radius 1 is 0.828 bits per heavy atom. The second kappa shape index (κ2) is 7.36. The minimum Gasteiger partial charge on any atom is -0.346 e. The summed E-state index contributed by atoms with van der Waals surface area (Å²) in [5, 5.41) is 2.95. The van der Waals surface area contributed by atoms with Gasteiger partial charge < -0.3 is 5.32 Å². The van der Waals surface area contributed by atoms with Crippen molar-refractivity contribution in [1.82, 2.24) is 10.2 Å². The number of imide groups is 1. The van der Waals surface area contributed by atoms with Crippen molar-refractivity contribution in [2.24, 2.45) is 0 Å². The summed E-state index contributed by atoms with van der Waals surface area (Å²) >= 11 is 0. The molecule has 0 unspecified atom stereocenters. The molecule has 0 bridgehead atoms. The minimum atomic E-state index is -0.385. The topological polar surface area (TPSA) is 66.5 Å². The molecule has 0 spiro atoms. The number of nitrogens with one attached hydrogen (secondary N) is 1. The summed E-state index contributed by atoms with van der Waals surface area (Å²) in [5.74, 6) is -1.02. The molecule has 4 rings (SSSR count). The normalized spacial score (nSPS) is 13.9. The molecular formula is C24H20N2O3. The van der Waals surface area contributed by atoms with Crippen LogP contribution in [0.2, 0.25) is 0 Å². The van der Waals surface area contributed by atoms with Crippen molar-refractivity contribution in [3.63, 3.8) is 0 Å². The fraction of sp³-hybridized carbons (Fsp3) is 0.125. The molecule has 1 aliphatic rings. The summed E-state index contributed by atoms with van der Waals surface area (Å²) < 4.78 is 0. The third-order valence-corrected chi connectivity index (χ3v) is 5.22. The molecule has 1 heterocycles. The van der Waals surface area contributed by atoms with Crippen LogP contribution < -0.4 is 5.32 Å². The zero-order valence-corrected chi connectivity index (χ0v) is 16.2. The summed E-state index contributed by atoms with van der Waals surface area (Å²) in [6.45, 7) is 1.91. The second-order valence-corrected chi connectivity index (χ2v) is 7.11. The number of hydrogen-bond acceptors (Lipinski definition) is 3. The standard InChI is InChI=1S/C24H20N2O3/c1-15(16-8-10-18(11-9-16)17-6-4-3-5-7-17)25-22(27)19-12-13-20-21(14-19)24(29)26(2)23(20)28/h3-15H,1-2H3,(H,25,27)/t15-/m1/s1. The van der Waals surface area contributed by atoms with Crippen molar-refractivity contribution < 1.29 is 14.4 Å². The molecule has 0 aromatic heterocycles. The smallest absolute Gasteiger partial charge is 0.261 e. The number of hydrogen-bond donors (Lipinski definition) is 1. The first-order valence-electron chi connectivity index (χ1n) is 9.38. The van der Waals surface area contributed by atoms with Crippen LogP contribution in [-0.2, 0) is 0 Å². The summed E-state index contributed by atoms with van der Waals surface area (Å²) in [4.78, 5) is 37.9. The highest BCUT2D eigenvalue weighted by Gasteiger charge is 2.33. The van der Waals surface area contributed by atoms with Crippen LogP contribution in [0.1, 0.15) is 49.6 Å². The lowest BCUT2D eigenvalue weighted by molar-refractivity contribution is 0.0693. The van der Waals surface area contributed by atoms with Gasteiger partial charge in [-0.15, -0.1) is 0 Å². The van der Waals surface area contributed by atoms with Gasteiger partial charge in [0, 0.05) is 12.6 Å². The molecule has 1 atom stereocenters. The molecular weight excluding hydrogens is 364 g/mol. The van der Waals surface area contributed by atoms with Crippen LogP contribution in [0.25, 0.3) is 11.1 Å². The van der Waals surface area contributed by atoms with Gasteiger partial charge in [0.2, 0.25) is 0 Å². The SMILES string of the molecule is C[C@@H](NC(=O)c1ccc2c(c1)C(=O)N(C)C2=O)c1ccc(-c2ccccc2)cc1. The molecule has 5 nitrogen and oxygen atoms in total. The lowest BCUT2D eigenvalue weighted by Crippen LogP contribution is -2.27. The van der Waals surface area contributed by atoms with Gasteiger partial charge in [-0.2, -0.15) is 0 Å². The largest absolute Gasteiger partial charge is 0.346 e. The van der Waals surface area contributed by atoms with Gasteiger partial charge in [0.15, 0.2) is 0 Å². The number of amides is 3. The Balaban J connectivity index is 1.49. The molecule has 29 heavy (non-hydrogen) atoms. The first kappa shape index (κ1) is 18.6. The molecule has 0 radical (unpaired) electrons. The maximum Gasteiger partial charge on any atom is 0.261 e. The van der Waals surface area contributed by atoms with E-state index in [1.54, 1.807) is 6.07 Å². The van der Waals surface area contributed by atoms with E-state index >= 15 is 0 Å². The van der Waals surface area contributed by atoms with Gasteiger partial charge in [0.1, 0.15) is 0 Å². The molecule has 1 aliphatic heterocycles. The van der Waals surface area contributed by atoms with Crippen LogP contribution in [0.5, 0.6) is 0 Å². The van der Waals surface area contributed by atoms with E-state index in [2.05, 4.69) is 17.4 Å². The highest BCUT2D eigenvalue weighted by Crippen LogP contribution is 2.24. The van der Waals surface area contributed by atoms with Gasteiger partial charge in [0.05, 0.1) is 17.2 Å². The third kappa shape index (κ3) is 3.43. The van der Waals surface area contributed by atoms with Gasteiger partial charge in [-0.05, 0) is 41.8 Å². The van der Waals surface area contributed by atoms with E-state index in [0.29, 0.717) is 11.1 Å². The van der Waals surface area contributed by atoms with Crippen LogP contribution >= 0.6 is 0 Å². The predicted octanol–water partition coefficient (Wildman–Crippen LogP) is 4.07. The Labute approximate surface area is 169 Å². The Morgan fingerprint density at radius 3 is 2.14 bits per heavy atom. The summed E-state index contributed by atoms with van der Waals surface area (Å²) in [5.41, 5.74) is 4.18. The number of rotatable bonds is 4. The van der Waals surface area contributed by atoms with E-state index in [9.17, 15) is 14.4 Å². The van der Waals surface area contributed by atoms with Crippen LogP contribution in [0, 0.1) is 0 Å². The minimum absolute atomic E-state index is 0.208. The van der Waals surface area contributed by atoms with Gasteiger partial charge in [0.25, 0.3) is 17.7 Å². The van der Waals surface area contributed by atoms with E-state index < -0.39 is 0 Å². The van der Waals surface area contributed by atoms with Crippen molar-refractivity contribution >= 4 is 17.7 Å². The molecule has 0 aliphatic carbocycles. The zero-order valence-electron chi connectivity index (χ0n) is 16.2. The molecule has 1 N–H and O–H groups in total. The summed E-state index contributed by atoms with van der Waals surface area (Å²) in [6.07, 6.45) is 0. The third-order valence-electron chi connectivity index (χ3n) is 5.22. The van der Waals surface area contributed by atoms with Crippen LogP contribution in [0.3, 0.4) is 0 Å². The lowest BCUT2D eigenvalue weighted by Gasteiger charge is -2.15. The Bertz CT molecular complexity index is 1100. The Hall–Kier alpha value is -3.73. The highest BCUT2D eigenvalue weighted by atomic mass is 16.2. The average molecular weight is 384 g/mol. The second-order valence-electron chi connectivity index (χ2n) is 7.11. The van der Waals surface area contributed by atoms with E-state index in [1.807, 2.05) is 49.4 Å². The maximum absolute atomic E-state index is 12.7. The first-order valence-corrected chi connectivity index (χ1v) is 9.38. The van der Waals surface area contributed by atoms with E-state index in [1.165, 1.54) is 19.2 Å². The first-order chi connectivity index (χ1) is 14.0.